The van der Waals surface area contributed by atoms with Crippen LogP contribution in [-0.2, 0) is 0 Å². The van der Waals surface area contributed by atoms with Crippen LogP contribution >= 0.6 is 11.3 Å². The molecule has 1 aliphatic heterocycles. The predicted octanol–water partition coefficient (Wildman–Crippen LogP) is 3.12. The number of piperidine rings is 1. The molecule has 0 bridgehead atoms. The van der Waals surface area contributed by atoms with Gasteiger partial charge in [0.25, 0.3) is 0 Å². The molecular formula is C17H31N3S. The van der Waals surface area contributed by atoms with E-state index in [0.717, 1.165) is 6.54 Å². The normalized spacial score (nSPS) is 19.3. The maximum atomic E-state index is 3.82. The first-order valence-electron chi connectivity index (χ1n) is 8.28. The number of nitrogens with zero attached hydrogens (tertiary/aromatic N) is 2. The summed E-state index contributed by atoms with van der Waals surface area (Å²) < 4.78 is 0. The molecule has 0 radical (unpaired) electrons. The first-order chi connectivity index (χ1) is 10.1. The lowest BCUT2D eigenvalue weighted by atomic mass is 10.0. The number of rotatable bonds is 7. The van der Waals surface area contributed by atoms with Crippen molar-refractivity contribution in [2.75, 3.05) is 40.3 Å². The Morgan fingerprint density at radius 3 is 2.62 bits per heavy atom. The second-order valence-electron chi connectivity index (χ2n) is 6.47. The predicted molar refractivity (Wildman–Crippen MR) is 93.2 cm³/mol. The van der Waals surface area contributed by atoms with E-state index in [1.54, 1.807) is 0 Å². The lowest BCUT2D eigenvalue weighted by Crippen LogP contribution is -2.44. The second-order valence-corrected chi connectivity index (χ2v) is 7.42. The van der Waals surface area contributed by atoms with Crippen molar-refractivity contribution in [2.24, 2.45) is 0 Å². The van der Waals surface area contributed by atoms with Crippen LogP contribution in [0.4, 0.5) is 0 Å². The number of hydrogen-bond acceptors (Lipinski definition) is 4. The van der Waals surface area contributed by atoms with E-state index >= 15 is 0 Å². The molecule has 120 valence electrons. The Hall–Kier alpha value is -0.420. The molecule has 0 aliphatic carbocycles. The van der Waals surface area contributed by atoms with E-state index in [9.17, 15) is 0 Å². The summed E-state index contributed by atoms with van der Waals surface area (Å²) in [6.45, 7) is 9.35. The van der Waals surface area contributed by atoms with Crippen LogP contribution in [0.2, 0.25) is 0 Å². The van der Waals surface area contributed by atoms with Crippen LogP contribution in [0.1, 0.15) is 42.7 Å². The molecule has 1 fully saturated rings. The Balaban J connectivity index is 1.82. The number of hydrogen-bond donors (Lipinski definition) is 1. The van der Waals surface area contributed by atoms with E-state index in [4.69, 9.17) is 0 Å². The highest BCUT2D eigenvalue weighted by Crippen LogP contribution is 2.27. The third-order valence-corrected chi connectivity index (χ3v) is 5.68. The summed E-state index contributed by atoms with van der Waals surface area (Å²) in [5, 5.41) is 6.03. The molecule has 1 saturated heterocycles. The van der Waals surface area contributed by atoms with Crippen molar-refractivity contribution in [3.63, 3.8) is 0 Å². The molecule has 0 saturated carbocycles. The summed E-state index contributed by atoms with van der Waals surface area (Å²) in [6, 6.07) is 3.43. The van der Waals surface area contributed by atoms with Gasteiger partial charge in [-0.3, -0.25) is 0 Å². The van der Waals surface area contributed by atoms with E-state index in [1.165, 1.54) is 49.3 Å². The molecule has 21 heavy (non-hydrogen) atoms. The van der Waals surface area contributed by atoms with Gasteiger partial charge in [-0.15, -0.1) is 11.3 Å². The van der Waals surface area contributed by atoms with Gasteiger partial charge < -0.3 is 15.1 Å². The molecule has 1 aromatic heterocycles. The summed E-state index contributed by atoms with van der Waals surface area (Å²) in [4.78, 5) is 6.46. The van der Waals surface area contributed by atoms with Crippen LogP contribution in [-0.4, -0.2) is 56.1 Å². The second kappa shape index (κ2) is 8.28. The molecule has 1 aromatic rings. The molecular weight excluding hydrogens is 278 g/mol. The molecule has 4 heteroatoms. The van der Waals surface area contributed by atoms with Gasteiger partial charge in [-0.2, -0.15) is 0 Å². The molecule has 1 aliphatic rings. The molecule has 3 nitrogen and oxygen atoms in total. The van der Waals surface area contributed by atoms with Crippen LogP contribution in [0.5, 0.6) is 0 Å². The minimum atomic E-state index is 0.499. The van der Waals surface area contributed by atoms with Crippen LogP contribution in [0.25, 0.3) is 0 Å². The molecule has 0 aromatic carbocycles. The topological polar surface area (TPSA) is 18.5 Å². The average molecular weight is 310 g/mol. The van der Waals surface area contributed by atoms with Crippen molar-refractivity contribution in [3.05, 3.63) is 21.9 Å². The van der Waals surface area contributed by atoms with Gasteiger partial charge in [0.2, 0.25) is 0 Å². The third-order valence-electron chi connectivity index (χ3n) is 4.55. The van der Waals surface area contributed by atoms with Gasteiger partial charge in [-0.25, -0.2) is 0 Å². The molecule has 0 unspecified atom stereocenters. The summed E-state index contributed by atoms with van der Waals surface area (Å²) in [5.41, 5.74) is 1.43. The number of aryl methyl sites for hydroxylation is 1. The SMILES string of the molecule is CCCN1CCC(NC[C@@H](c2sccc2C)N(C)C)CC1. The monoisotopic (exact) mass is 309 g/mol. The van der Waals surface area contributed by atoms with Crippen molar-refractivity contribution in [1.82, 2.24) is 15.1 Å². The molecule has 0 amide bonds. The zero-order valence-electron chi connectivity index (χ0n) is 14.1. The fraction of sp³-hybridized carbons (Fsp3) is 0.765. The summed E-state index contributed by atoms with van der Waals surface area (Å²) >= 11 is 1.89. The van der Waals surface area contributed by atoms with Gasteiger partial charge >= 0.3 is 0 Å². The van der Waals surface area contributed by atoms with Gasteiger partial charge in [0.15, 0.2) is 0 Å². The first-order valence-corrected chi connectivity index (χ1v) is 9.16. The van der Waals surface area contributed by atoms with Gasteiger partial charge in [0.1, 0.15) is 0 Å². The molecule has 1 atom stereocenters. The van der Waals surface area contributed by atoms with Gasteiger partial charge in [0, 0.05) is 17.5 Å². The fourth-order valence-electron chi connectivity index (χ4n) is 3.19. The van der Waals surface area contributed by atoms with Crippen molar-refractivity contribution >= 4 is 11.3 Å². The van der Waals surface area contributed by atoms with E-state index in [-0.39, 0.29) is 0 Å². The van der Waals surface area contributed by atoms with Crippen molar-refractivity contribution in [3.8, 4) is 0 Å². The zero-order valence-corrected chi connectivity index (χ0v) is 14.9. The van der Waals surface area contributed by atoms with Crippen LogP contribution in [0.15, 0.2) is 11.4 Å². The summed E-state index contributed by atoms with van der Waals surface area (Å²) in [5.74, 6) is 0. The minimum absolute atomic E-state index is 0.499. The number of nitrogens with one attached hydrogen (secondary N) is 1. The highest BCUT2D eigenvalue weighted by molar-refractivity contribution is 7.10. The third kappa shape index (κ3) is 4.78. The van der Waals surface area contributed by atoms with Gasteiger partial charge in [-0.05, 0) is 76.9 Å². The Labute approximate surface area is 134 Å². The lowest BCUT2D eigenvalue weighted by Gasteiger charge is -2.34. The lowest BCUT2D eigenvalue weighted by molar-refractivity contribution is 0.189. The quantitative estimate of drug-likeness (QED) is 0.835. The summed E-state index contributed by atoms with van der Waals surface area (Å²) in [7, 11) is 4.38. The molecule has 0 spiro atoms. The van der Waals surface area contributed by atoms with Gasteiger partial charge in [0.05, 0.1) is 6.04 Å². The Kier molecular flexibility index (Phi) is 6.68. The minimum Gasteiger partial charge on any atom is -0.312 e. The van der Waals surface area contributed by atoms with Crippen LogP contribution in [0, 0.1) is 6.92 Å². The smallest absolute Gasteiger partial charge is 0.0564 e. The highest BCUT2D eigenvalue weighted by Gasteiger charge is 2.22. The number of thiophene rings is 1. The van der Waals surface area contributed by atoms with Crippen molar-refractivity contribution < 1.29 is 0 Å². The molecule has 2 rings (SSSR count). The van der Waals surface area contributed by atoms with E-state index in [0.29, 0.717) is 12.1 Å². The average Bonchev–Trinajstić information content (AvgIpc) is 2.87. The zero-order chi connectivity index (χ0) is 15.2. The van der Waals surface area contributed by atoms with Crippen LogP contribution in [0.3, 0.4) is 0 Å². The van der Waals surface area contributed by atoms with Crippen molar-refractivity contribution in [2.45, 2.75) is 45.2 Å². The van der Waals surface area contributed by atoms with E-state index < -0.39 is 0 Å². The highest BCUT2D eigenvalue weighted by atomic mass is 32.1. The van der Waals surface area contributed by atoms with Crippen LogP contribution < -0.4 is 5.32 Å². The first kappa shape index (κ1) is 16.9. The molecule has 2 heterocycles. The maximum Gasteiger partial charge on any atom is 0.0564 e. The Morgan fingerprint density at radius 1 is 1.38 bits per heavy atom. The number of likely N-dealkylation sites (N-methyl/N-ethyl adjacent to an activating group) is 1. The standard InChI is InChI=1S/C17H31N3S/c1-5-9-20-10-6-15(7-11-20)18-13-16(19(3)4)17-14(2)8-12-21-17/h8,12,15-16,18H,5-7,9-11,13H2,1-4H3/t16-/m0/s1. The van der Waals surface area contributed by atoms with E-state index in [1.807, 2.05) is 11.3 Å². The number of likely N-dealkylation sites (tertiary alicyclic amines) is 1. The maximum absolute atomic E-state index is 3.82. The molecule has 1 N–H and O–H groups in total. The van der Waals surface area contributed by atoms with Gasteiger partial charge in [-0.1, -0.05) is 6.92 Å². The van der Waals surface area contributed by atoms with Crippen molar-refractivity contribution in [1.29, 1.82) is 0 Å². The Bertz CT molecular complexity index is 408. The Morgan fingerprint density at radius 2 is 2.10 bits per heavy atom. The largest absolute Gasteiger partial charge is 0.312 e. The van der Waals surface area contributed by atoms with E-state index in [2.05, 4.69) is 54.5 Å². The summed E-state index contributed by atoms with van der Waals surface area (Å²) in [6.07, 6.45) is 3.87. The fourth-order valence-corrected chi connectivity index (χ4v) is 4.31.